The molecule has 2 saturated heterocycles. The molecule has 2 aliphatic heterocycles. The van der Waals surface area contributed by atoms with E-state index < -0.39 is 0 Å². The fourth-order valence-electron chi connectivity index (χ4n) is 4.00. The average molecular weight is 444 g/mol. The Bertz CT molecular complexity index is 887. The summed E-state index contributed by atoms with van der Waals surface area (Å²) in [6.45, 7) is 6.44. The van der Waals surface area contributed by atoms with Gasteiger partial charge in [-0.15, -0.1) is 11.3 Å². The number of piperidine rings is 1. The van der Waals surface area contributed by atoms with E-state index in [2.05, 4.69) is 22.3 Å². The molecular weight excluding hydrogens is 414 g/mol. The zero-order valence-corrected chi connectivity index (χ0v) is 18.7. The second-order valence-electron chi connectivity index (χ2n) is 7.73. The third-order valence-corrected chi connectivity index (χ3v) is 6.87. The third-order valence-electron chi connectivity index (χ3n) is 5.68. The number of thiophene rings is 1. The van der Waals surface area contributed by atoms with Gasteiger partial charge in [0, 0.05) is 37.8 Å². The molecule has 4 rings (SSSR count). The number of nitrogens with zero attached hydrogens (tertiary/aromatic N) is 2. The van der Waals surface area contributed by atoms with Crippen molar-refractivity contribution in [2.75, 3.05) is 50.9 Å². The number of rotatable bonds is 5. The number of anilines is 1. The highest BCUT2D eigenvalue weighted by Gasteiger charge is 2.27. The number of hydrogen-bond donors (Lipinski definition) is 1. The van der Waals surface area contributed by atoms with Crippen LogP contribution < -0.4 is 10.2 Å². The topological polar surface area (TPSA) is 71.1 Å². The first kappa shape index (κ1) is 21.6. The summed E-state index contributed by atoms with van der Waals surface area (Å²) in [5.74, 6) is -0.0451. The van der Waals surface area contributed by atoms with E-state index in [9.17, 15) is 9.59 Å². The molecule has 0 atom stereocenters. The van der Waals surface area contributed by atoms with Crippen LogP contribution in [-0.4, -0.2) is 68.9 Å². The lowest BCUT2D eigenvalue weighted by atomic mass is 10.0. The minimum Gasteiger partial charge on any atom is -0.450 e. The number of hydrogen-bond acceptors (Lipinski definition) is 6. The van der Waals surface area contributed by atoms with Gasteiger partial charge in [0.2, 0.25) is 0 Å². The number of carbonyl (C=O) groups is 2. The first-order valence-electron chi connectivity index (χ1n) is 10.9. The van der Waals surface area contributed by atoms with E-state index in [0.29, 0.717) is 37.8 Å². The number of amides is 2. The van der Waals surface area contributed by atoms with Gasteiger partial charge in [-0.1, -0.05) is 30.3 Å². The number of carbonyl (C=O) groups excluding carboxylic acids is 2. The van der Waals surface area contributed by atoms with Crippen molar-refractivity contribution in [3.63, 3.8) is 0 Å². The Kier molecular flexibility index (Phi) is 7.09. The lowest BCUT2D eigenvalue weighted by molar-refractivity contribution is 0.0862. The maximum Gasteiger partial charge on any atom is 0.409 e. The molecule has 1 aromatic carbocycles. The van der Waals surface area contributed by atoms with E-state index in [0.717, 1.165) is 42.1 Å². The van der Waals surface area contributed by atoms with Crippen LogP contribution in [0.3, 0.4) is 0 Å². The van der Waals surface area contributed by atoms with Gasteiger partial charge in [-0.3, -0.25) is 4.79 Å². The highest BCUT2D eigenvalue weighted by molar-refractivity contribution is 7.18. The molecule has 0 saturated carbocycles. The minimum atomic E-state index is -0.270. The van der Waals surface area contributed by atoms with Crippen LogP contribution in [0.1, 0.15) is 29.4 Å². The fourth-order valence-corrected chi connectivity index (χ4v) is 5.13. The molecule has 0 aliphatic carbocycles. The molecule has 2 aromatic rings. The van der Waals surface area contributed by atoms with E-state index in [1.54, 1.807) is 23.2 Å². The summed E-state index contributed by atoms with van der Waals surface area (Å²) in [6, 6.07) is 12.3. The minimum absolute atomic E-state index is 0.0451. The summed E-state index contributed by atoms with van der Waals surface area (Å²) >= 11 is 1.54. The van der Waals surface area contributed by atoms with Crippen LogP contribution in [0.4, 0.5) is 9.80 Å². The molecule has 2 aliphatic rings. The summed E-state index contributed by atoms with van der Waals surface area (Å²) in [6.07, 6.45) is 1.20. The molecule has 3 heterocycles. The second kappa shape index (κ2) is 10.2. The van der Waals surface area contributed by atoms with E-state index in [1.807, 2.05) is 24.3 Å². The van der Waals surface area contributed by atoms with Gasteiger partial charge in [0.15, 0.2) is 0 Å². The first-order chi connectivity index (χ1) is 15.2. The van der Waals surface area contributed by atoms with Gasteiger partial charge >= 0.3 is 6.09 Å². The highest BCUT2D eigenvalue weighted by Crippen LogP contribution is 2.39. The molecule has 0 spiro atoms. The Labute approximate surface area is 186 Å². The van der Waals surface area contributed by atoms with E-state index in [-0.39, 0.29) is 18.0 Å². The summed E-state index contributed by atoms with van der Waals surface area (Å²) in [5, 5.41) is 4.29. The molecule has 31 heavy (non-hydrogen) atoms. The van der Waals surface area contributed by atoms with Crippen molar-refractivity contribution >= 4 is 28.3 Å². The molecule has 166 valence electrons. The smallest absolute Gasteiger partial charge is 0.409 e. The van der Waals surface area contributed by atoms with Crippen LogP contribution in [-0.2, 0) is 9.47 Å². The molecule has 0 unspecified atom stereocenters. The molecule has 2 amide bonds. The fraction of sp³-hybridized carbons (Fsp3) is 0.478. The Morgan fingerprint density at radius 2 is 1.84 bits per heavy atom. The van der Waals surface area contributed by atoms with Crippen LogP contribution in [0.25, 0.3) is 11.1 Å². The molecule has 0 radical (unpaired) electrons. The van der Waals surface area contributed by atoms with Gasteiger partial charge in [0.25, 0.3) is 5.91 Å². The van der Waals surface area contributed by atoms with Crippen LogP contribution >= 0.6 is 11.3 Å². The zero-order valence-electron chi connectivity index (χ0n) is 17.8. The van der Waals surface area contributed by atoms with Crippen LogP contribution in [0.2, 0.25) is 0 Å². The maximum atomic E-state index is 13.1. The Hall–Kier alpha value is -2.58. The SMILES string of the molecule is CCOC(=O)N1CCC(NC(=O)c2cc(-c3ccccc3)c(N3CCOCC3)s2)CC1. The summed E-state index contributed by atoms with van der Waals surface area (Å²) < 4.78 is 10.6. The number of morpholine rings is 1. The van der Waals surface area contributed by atoms with Crippen molar-refractivity contribution in [3.05, 3.63) is 41.3 Å². The summed E-state index contributed by atoms with van der Waals surface area (Å²) in [4.78, 5) is 29.7. The van der Waals surface area contributed by atoms with Crippen LogP contribution in [0.15, 0.2) is 36.4 Å². The monoisotopic (exact) mass is 443 g/mol. The van der Waals surface area contributed by atoms with Crippen molar-refractivity contribution in [2.24, 2.45) is 0 Å². The van der Waals surface area contributed by atoms with Crippen molar-refractivity contribution in [1.29, 1.82) is 0 Å². The van der Waals surface area contributed by atoms with Crippen molar-refractivity contribution in [3.8, 4) is 11.1 Å². The lowest BCUT2D eigenvalue weighted by Gasteiger charge is -2.31. The van der Waals surface area contributed by atoms with E-state index in [1.165, 1.54) is 0 Å². The standard InChI is InChI=1S/C23H29N3O4S/c1-2-30-23(28)26-10-8-18(9-11-26)24-21(27)20-16-19(17-6-4-3-5-7-17)22(31-20)25-12-14-29-15-13-25/h3-7,16,18H,2,8-15H2,1H3,(H,24,27). The Morgan fingerprint density at radius 1 is 1.13 bits per heavy atom. The zero-order chi connectivity index (χ0) is 21.6. The van der Waals surface area contributed by atoms with Gasteiger partial charge in [-0.2, -0.15) is 0 Å². The van der Waals surface area contributed by atoms with Gasteiger partial charge in [0.1, 0.15) is 0 Å². The predicted molar refractivity (Wildman–Crippen MR) is 122 cm³/mol. The van der Waals surface area contributed by atoms with E-state index in [4.69, 9.17) is 9.47 Å². The highest BCUT2D eigenvalue weighted by atomic mass is 32.1. The molecule has 1 aromatic heterocycles. The van der Waals surface area contributed by atoms with Crippen molar-refractivity contribution in [1.82, 2.24) is 10.2 Å². The van der Waals surface area contributed by atoms with Crippen LogP contribution in [0.5, 0.6) is 0 Å². The Balaban J connectivity index is 1.46. The third kappa shape index (κ3) is 5.19. The summed E-state index contributed by atoms with van der Waals surface area (Å²) in [7, 11) is 0. The van der Waals surface area contributed by atoms with Gasteiger partial charge in [0.05, 0.1) is 29.7 Å². The first-order valence-corrected chi connectivity index (χ1v) is 11.7. The number of ether oxygens (including phenoxy) is 2. The quantitative estimate of drug-likeness (QED) is 0.765. The molecule has 0 bridgehead atoms. The molecule has 8 heteroatoms. The van der Waals surface area contributed by atoms with Gasteiger partial charge in [-0.05, 0) is 31.4 Å². The number of nitrogens with one attached hydrogen (secondary N) is 1. The Morgan fingerprint density at radius 3 is 2.52 bits per heavy atom. The van der Waals surface area contributed by atoms with Gasteiger partial charge < -0.3 is 24.6 Å². The van der Waals surface area contributed by atoms with E-state index >= 15 is 0 Å². The number of likely N-dealkylation sites (tertiary alicyclic amines) is 1. The maximum absolute atomic E-state index is 13.1. The predicted octanol–water partition coefficient (Wildman–Crippen LogP) is 3.60. The summed E-state index contributed by atoms with van der Waals surface area (Å²) in [5.41, 5.74) is 2.21. The van der Waals surface area contributed by atoms with Crippen LogP contribution in [0, 0.1) is 0 Å². The number of benzene rings is 1. The molecule has 2 fully saturated rings. The molecule has 1 N–H and O–H groups in total. The molecule has 7 nitrogen and oxygen atoms in total. The largest absolute Gasteiger partial charge is 0.450 e. The van der Waals surface area contributed by atoms with Gasteiger partial charge in [-0.25, -0.2) is 4.79 Å². The van der Waals surface area contributed by atoms with Crippen molar-refractivity contribution in [2.45, 2.75) is 25.8 Å². The lowest BCUT2D eigenvalue weighted by Crippen LogP contribution is -2.46. The normalized spacial score (nSPS) is 17.5. The van der Waals surface area contributed by atoms with Crippen molar-refractivity contribution < 1.29 is 19.1 Å². The second-order valence-corrected chi connectivity index (χ2v) is 8.76. The molecular formula is C23H29N3O4S. The average Bonchev–Trinajstić information content (AvgIpc) is 3.27.